The molecule has 8 heteroatoms. The van der Waals surface area contributed by atoms with Crippen molar-refractivity contribution in [2.75, 3.05) is 26.2 Å². The molecule has 2 rings (SSSR count). The van der Waals surface area contributed by atoms with Gasteiger partial charge in [-0.1, -0.05) is 42.4 Å². The van der Waals surface area contributed by atoms with Gasteiger partial charge in [-0.25, -0.2) is 0 Å². The number of nitrogens with zero attached hydrogens (tertiary/aromatic N) is 3. The first-order chi connectivity index (χ1) is 12.7. The highest BCUT2D eigenvalue weighted by Crippen LogP contribution is 2.03. The number of aliphatic imine (C=N–C) groups is 1. The minimum atomic E-state index is 0. The molecule has 2 N–H and O–H groups in total. The van der Waals surface area contributed by atoms with Crippen molar-refractivity contribution in [3.63, 3.8) is 0 Å². The number of aromatic nitrogens is 2. The van der Waals surface area contributed by atoms with Gasteiger partial charge in [-0.05, 0) is 25.3 Å². The van der Waals surface area contributed by atoms with E-state index in [0.29, 0.717) is 50.4 Å². The van der Waals surface area contributed by atoms with Gasteiger partial charge in [0.15, 0.2) is 11.8 Å². The predicted octanol–water partition coefficient (Wildman–Crippen LogP) is 2.95. The SMILES string of the molecule is CCNC(=NCC(C)COCc1ccccc1)NCCc1nc(C)no1.I. The number of hydrogen-bond acceptors (Lipinski definition) is 5. The molecule has 0 aliphatic heterocycles. The van der Waals surface area contributed by atoms with E-state index in [-0.39, 0.29) is 24.0 Å². The van der Waals surface area contributed by atoms with E-state index in [2.05, 4.69) is 44.8 Å². The first-order valence-corrected chi connectivity index (χ1v) is 9.10. The molecule has 0 bridgehead atoms. The Kier molecular flexibility index (Phi) is 11.7. The summed E-state index contributed by atoms with van der Waals surface area (Å²) in [6, 6.07) is 10.2. The summed E-state index contributed by atoms with van der Waals surface area (Å²) in [6.07, 6.45) is 0.668. The molecule has 0 saturated carbocycles. The van der Waals surface area contributed by atoms with Gasteiger partial charge < -0.3 is 19.9 Å². The zero-order valence-electron chi connectivity index (χ0n) is 16.3. The van der Waals surface area contributed by atoms with E-state index >= 15 is 0 Å². The third-order valence-electron chi connectivity index (χ3n) is 3.62. The Hall–Kier alpha value is -1.68. The Morgan fingerprint density at radius 3 is 2.70 bits per heavy atom. The van der Waals surface area contributed by atoms with Crippen molar-refractivity contribution >= 4 is 29.9 Å². The Morgan fingerprint density at radius 1 is 1.26 bits per heavy atom. The molecule has 0 aliphatic rings. The smallest absolute Gasteiger partial charge is 0.228 e. The quantitative estimate of drug-likeness (QED) is 0.305. The van der Waals surface area contributed by atoms with E-state index in [1.807, 2.05) is 32.0 Å². The number of ether oxygens (including phenoxy) is 1. The summed E-state index contributed by atoms with van der Waals surface area (Å²) < 4.78 is 10.9. The van der Waals surface area contributed by atoms with Gasteiger partial charge in [-0.3, -0.25) is 4.99 Å². The Balaban J connectivity index is 0.00000364. The normalized spacial score (nSPS) is 12.3. The van der Waals surface area contributed by atoms with Gasteiger partial charge >= 0.3 is 0 Å². The number of benzene rings is 1. The van der Waals surface area contributed by atoms with Gasteiger partial charge in [-0.15, -0.1) is 24.0 Å². The van der Waals surface area contributed by atoms with Crippen molar-refractivity contribution in [1.29, 1.82) is 0 Å². The Labute approximate surface area is 178 Å². The summed E-state index contributed by atoms with van der Waals surface area (Å²) in [7, 11) is 0. The topological polar surface area (TPSA) is 84.6 Å². The number of rotatable bonds is 10. The maximum Gasteiger partial charge on any atom is 0.228 e. The molecule has 0 saturated heterocycles. The first-order valence-electron chi connectivity index (χ1n) is 9.10. The number of hydrogen-bond donors (Lipinski definition) is 2. The van der Waals surface area contributed by atoms with Crippen LogP contribution in [0.25, 0.3) is 0 Å². The van der Waals surface area contributed by atoms with E-state index in [1.54, 1.807) is 0 Å². The van der Waals surface area contributed by atoms with Crippen LogP contribution in [0.15, 0.2) is 39.8 Å². The summed E-state index contributed by atoms with van der Waals surface area (Å²) in [6.45, 7) is 9.51. The first kappa shape index (κ1) is 23.4. The highest BCUT2D eigenvalue weighted by Gasteiger charge is 2.05. The molecule has 0 aliphatic carbocycles. The fourth-order valence-electron chi connectivity index (χ4n) is 2.32. The standard InChI is InChI=1S/C19H29N5O2.HI/c1-4-20-19(21-11-10-18-23-16(3)24-26-18)22-12-15(2)13-25-14-17-8-6-5-7-9-17;/h5-9,15H,4,10-14H2,1-3H3,(H2,20,21,22);1H. The van der Waals surface area contributed by atoms with Crippen LogP contribution in [0.1, 0.15) is 31.1 Å². The fourth-order valence-corrected chi connectivity index (χ4v) is 2.32. The second kappa shape index (κ2) is 13.5. The Morgan fingerprint density at radius 2 is 2.04 bits per heavy atom. The lowest BCUT2D eigenvalue weighted by Gasteiger charge is -2.13. The van der Waals surface area contributed by atoms with Gasteiger partial charge in [0, 0.05) is 26.1 Å². The van der Waals surface area contributed by atoms with Gasteiger partial charge in [0.25, 0.3) is 0 Å². The maximum atomic E-state index is 5.78. The van der Waals surface area contributed by atoms with Crippen molar-refractivity contribution in [3.05, 3.63) is 47.6 Å². The lowest BCUT2D eigenvalue weighted by Crippen LogP contribution is -2.38. The van der Waals surface area contributed by atoms with Crippen LogP contribution in [-0.2, 0) is 17.8 Å². The molecule has 1 heterocycles. The zero-order chi connectivity index (χ0) is 18.6. The summed E-state index contributed by atoms with van der Waals surface area (Å²) in [5.41, 5.74) is 1.19. The molecule has 0 radical (unpaired) electrons. The van der Waals surface area contributed by atoms with Gasteiger partial charge in [0.05, 0.1) is 13.2 Å². The lowest BCUT2D eigenvalue weighted by atomic mass is 10.2. The van der Waals surface area contributed by atoms with Gasteiger partial charge in [-0.2, -0.15) is 4.98 Å². The third kappa shape index (κ3) is 9.71. The molecule has 0 amide bonds. The predicted molar refractivity (Wildman–Crippen MR) is 117 cm³/mol. The average Bonchev–Trinajstić information content (AvgIpc) is 3.06. The molecule has 0 fully saturated rings. The number of halogens is 1. The third-order valence-corrected chi connectivity index (χ3v) is 3.62. The van der Waals surface area contributed by atoms with Gasteiger partial charge in [0.1, 0.15) is 0 Å². The molecule has 0 spiro atoms. The zero-order valence-corrected chi connectivity index (χ0v) is 18.6. The van der Waals surface area contributed by atoms with Crippen LogP contribution in [0.2, 0.25) is 0 Å². The summed E-state index contributed by atoms with van der Waals surface area (Å²) in [4.78, 5) is 8.82. The number of aryl methyl sites for hydroxylation is 1. The second-order valence-corrected chi connectivity index (χ2v) is 6.24. The molecule has 1 aromatic heterocycles. The summed E-state index contributed by atoms with van der Waals surface area (Å²) in [5, 5.41) is 10.3. The highest BCUT2D eigenvalue weighted by atomic mass is 127. The van der Waals surface area contributed by atoms with Crippen LogP contribution >= 0.6 is 24.0 Å². The maximum absolute atomic E-state index is 5.78. The second-order valence-electron chi connectivity index (χ2n) is 6.24. The fraction of sp³-hybridized carbons (Fsp3) is 0.526. The van der Waals surface area contributed by atoms with E-state index in [0.717, 1.165) is 12.5 Å². The monoisotopic (exact) mass is 487 g/mol. The van der Waals surface area contributed by atoms with E-state index < -0.39 is 0 Å². The molecule has 27 heavy (non-hydrogen) atoms. The van der Waals surface area contributed by atoms with E-state index in [1.165, 1.54) is 5.56 Å². The summed E-state index contributed by atoms with van der Waals surface area (Å²) >= 11 is 0. The molecular formula is C19H30IN5O2. The average molecular weight is 487 g/mol. The largest absolute Gasteiger partial charge is 0.376 e. The van der Waals surface area contributed by atoms with Crippen LogP contribution in [0.5, 0.6) is 0 Å². The molecule has 7 nitrogen and oxygen atoms in total. The molecule has 150 valence electrons. The van der Waals surface area contributed by atoms with Crippen LogP contribution in [0.4, 0.5) is 0 Å². The number of guanidine groups is 1. The van der Waals surface area contributed by atoms with Crippen molar-refractivity contribution in [3.8, 4) is 0 Å². The van der Waals surface area contributed by atoms with Crippen LogP contribution in [-0.4, -0.2) is 42.3 Å². The van der Waals surface area contributed by atoms with Crippen LogP contribution in [0.3, 0.4) is 0 Å². The highest BCUT2D eigenvalue weighted by molar-refractivity contribution is 14.0. The van der Waals surface area contributed by atoms with Crippen LogP contribution < -0.4 is 10.6 Å². The Bertz CT molecular complexity index is 663. The van der Waals surface area contributed by atoms with E-state index in [9.17, 15) is 0 Å². The minimum Gasteiger partial charge on any atom is -0.376 e. The molecular weight excluding hydrogens is 457 g/mol. The van der Waals surface area contributed by atoms with Gasteiger partial charge in [0.2, 0.25) is 5.89 Å². The molecule has 2 aromatic rings. The molecule has 1 atom stereocenters. The molecule has 1 aromatic carbocycles. The van der Waals surface area contributed by atoms with Crippen molar-refractivity contribution in [2.45, 2.75) is 33.8 Å². The van der Waals surface area contributed by atoms with Crippen LogP contribution in [0, 0.1) is 12.8 Å². The van der Waals surface area contributed by atoms with Crippen molar-refractivity contribution in [1.82, 2.24) is 20.8 Å². The van der Waals surface area contributed by atoms with E-state index in [4.69, 9.17) is 9.26 Å². The minimum absolute atomic E-state index is 0. The van der Waals surface area contributed by atoms with Crippen molar-refractivity contribution in [2.24, 2.45) is 10.9 Å². The number of nitrogens with one attached hydrogen (secondary N) is 2. The molecule has 1 unspecified atom stereocenters. The lowest BCUT2D eigenvalue weighted by molar-refractivity contribution is 0.0945. The summed E-state index contributed by atoms with van der Waals surface area (Å²) in [5.74, 6) is 2.42. The van der Waals surface area contributed by atoms with Crippen molar-refractivity contribution < 1.29 is 9.26 Å².